The van der Waals surface area contributed by atoms with Gasteiger partial charge in [-0.1, -0.05) is 24.3 Å². The zero-order chi connectivity index (χ0) is 21.7. The minimum atomic E-state index is 0.753. The zero-order valence-corrected chi connectivity index (χ0v) is 17.9. The molecule has 32 heavy (non-hydrogen) atoms. The minimum Gasteiger partial charge on any atom is -0.253 e. The van der Waals surface area contributed by atoms with Crippen molar-refractivity contribution < 1.29 is 0 Å². The molecule has 0 saturated carbocycles. The van der Waals surface area contributed by atoms with E-state index in [1.165, 1.54) is 16.3 Å². The normalized spacial score (nSPS) is 11.7. The van der Waals surface area contributed by atoms with Crippen molar-refractivity contribution in [1.29, 1.82) is 0 Å². The van der Waals surface area contributed by atoms with Gasteiger partial charge < -0.3 is 0 Å². The molecule has 6 nitrogen and oxygen atoms in total. The summed E-state index contributed by atoms with van der Waals surface area (Å²) in [6.07, 6.45) is 12.0. The van der Waals surface area contributed by atoms with Crippen LogP contribution in [0, 0.1) is 13.8 Å². The number of nitrogens with zero attached hydrogens (tertiary/aromatic N) is 6. The first kappa shape index (κ1) is 18.7. The molecule has 0 N–H and O–H groups in total. The average Bonchev–Trinajstić information content (AvgIpc) is 2.86. The second-order valence-corrected chi connectivity index (χ2v) is 8.01. The Labute approximate surface area is 184 Å². The summed E-state index contributed by atoms with van der Waals surface area (Å²) in [5.41, 5.74) is 9.92. The molecule has 0 aliphatic rings. The second kappa shape index (κ2) is 7.27. The van der Waals surface area contributed by atoms with Crippen LogP contribution in [-0.2, 0) is 12.8 Å². The predicted molar refractivity (Wildman–Crippen MR) is 127 cm³/mol. The number of aromatic nitrogens is 6. The van der Waals surface area contributed by atoms with Crippen LogP contribution in [0.5, 0.6) is 0 Å². The smallest absolute Gasteiger partial charge is 0.0944 e. The first-order valence-corrected chi connectivity index (χ1v) is 10.7. The molecule has 6 heteroatoms. The van der Waals surface area contributed by atoms with Gasteiger partial charge in [0.25, 0.3) is 0 Å². The van der Waals surface area contributed by atoms with Gasteiger partial charge in [-0.3, -0.25) is 29.9 Å². The molecule has 0 unspecified atom stereocenters. The molecule has 0 radical (unpaired) electrons. The predicted octanol–water partition coefficient (Wildman–Crippen LogP) is 5.07. The molecule has 6 rings (SSSR count). The van der Waals surface area contributed by atoms with Gasteiger partial charge in [-0.15, -0.1) is 0 Å². The SMILES string of the molecule is Cc1c2ccccc2c(CCc2c3nccnc3c(C)c3nccnc23)c2nccnc12. The fourth-order valence-corrected chi connectivity index (χ4v) is 4.79. The highest BCUT2D eigenvalue weighted by Crippen LogP contribution is 2.33. The van der Waals surface area contributed by atoms with Gasteiger partial charge in [-0.2, -0.15) is 0 Å². The summed E-state index contributed by atoms with van der Waals surface area (Å²) >= 11 is 0. The van der Waals surface area contributed by atoms with E-state index in [1.807, 2.05) is 6.92 Å². The Morgan fingerprint density at radius 3 is 1.44 bits per heavy atom. The molecule has 0 amide bonds. The van der Waals surface area contributed by atoms with Crippen LogP contribution in [0.4, 0.5) is 0 Å². The maximum absolute atomic E-state index is 4.72. The van der Waals surface area contributed by atoms with Crippen LogP contribution in [0.15, 0.2) is 61.4 Å². The van der Waals surface area contributed by atoms with E-state index in [4.69, 9.17) is 4.98 Å². The number of aryl methyl sites for hydroxylation is 4. The fourth-order valence-electron chi connectivity index (χ4n) is 4.79. The number of rotatable bonds is 3. The first-order chi connectivity index (χ1) is 15.7. The maximum Gasteiger partial charge on any atom is 0.0944 e. The number of hydrogen-bond donors (Lipinski definition) is 0. The van der Waals surface area contributed by atoms with Crippen molar-refractivity contribution in [3.63, 3.8) is 0 Å². The molecule has 3 aromatic carbocycles. The van der Waals surface area contributed by atoms with Crippen molar-refractivity contribution in [2.24, 2.45) is 0 Å². The maximum atomic E-state index is 4.72. The van der Waals surface area contributed by atoms with Gasteiger partial charge in [0.05, 0.1) is 33.1 Å². The van der Waals surface area contributed by atoms with Crippen LogP contribution >= 0.6 is 0 Å². The molecule has 3 heterocycles. The molecule has 6 aromatic rings. The lowest BCUT2D eigenvalue weighted by Crippen LogP contribution is -2.03. The standard InChI is InChI=1S/C26H20N6/c1-15-17-5-3-4-6-18(17)19(24-21(15)27-9-12-30-24)7-8-20-25-22(28-10-13-31-25)16(2)23-26(20)32-14-11-29-23/h3-6,9-14H,7-8H2,1-2H3. The lowest BCUT2D eigenvalue weighted by atomic mass is 9.92. The Hall–Kier alpha value is -4.06. The Bertz CT molecular complexity index is 1420. The van der Waals surface area contributed by atoms with Crippen molar-refractivity contribution in [2.45, 2.75) is 26.7 Å². The van der Waals surface area contributed by atoms with E-state index in [0.717, 1.165) is 62.6 Å². The summed E-state index contributed by atoms with van der Waals surface area (Å²) in [7, 11) is 0. The van der Waals surface area contributed by atoms with Crippen LogP contribution in [0.1, 0.15) is 22.3 Å². The van der Waals surface area contributed by atoms with Gasteiger partial charge in [0.2, 0.25) is 0 Å². The average molecular weight is 416 g/mol. The van der Waals surface area contributed by atoms with Gasteiger partial charge in [-0.25, -0.2) is 0 Å². The Morgan fingerprint density at radius 2 is 0.875 bits per heavy atom. The summed E-state index contributed by atoms with van der Waals surface area (Å²) in [5.74, 6) is 0. The van der Waals surface area contributed by atoms with E-state index in [9.17, 15) is 0 Å². The van der Waals surface area contributed by atoms with Crippen molar-refractivity contribution in [2.75, 3.05) is 0 Å². The van der Waals surface area contributed by atoms with Gasteiger partial charge in [0.15, 0.2) is 0 Å². The molecule has 0 aliphatic heterocycles. The number of hydrogen-bond acceptors (Lipinski definition) is 6. The van der Waals surface area contributed by atoms with Gasteiger partial charge in [0, 0.05) is 48.3 Å². The Balaban J connectivity index is 1.59. The number of fused-ring (bicyclic) bond motifs is 4. The molecule has 3 aromatic heterocycles. The van der Waals surface area contributed by atoms with Crippen molar-refractivity contribution in [3.05, 3.63) is 83.7 Å². The van der Waals surface area contributed by atoms with E-state index in [-0.39, 0.29) is 0 Å². The highest BCUT2D eigenvalue weighted by atomic mass is 14.8. The molecule has 0 spiro atoms. The van der Waals surface area contributed by atoms with E-state index in [0.29, 0.717) is 0 Å². The summed E-state index contributed by atoms with van der Waals surface area (Å²) in [4.78, 5) is 28.0. The number of benzene rings is 3. The van der Waals surface area contributed by atoms with Crippen LogP contribution < -0.4 is 0 Å². The van der Waals surface area contributed by atoms with Crippen molar-refractivity contribution in [3.8, 4) is 0 Å². The van der Waals surface area contributed by atoms with Crippen molar-refractivity contribution >= 4 is 43.9 Å². The zero-order valence-electron chi connectivity index (χ0n) is 17.9. The Kier molecular flexibility index (Phi) is 4.24. The van der Waals surface area contributed by atoms with E-state index in [1.54, 1.807) is 37.2 Å². The molecule has 0 saturated heterocycles. The summed E-state index contributed by atoms with van der Waals surface area (Å²) in [6, 6.07) is 8.50. The lowest BCUT2D eigenvalue weighted by molar-refractivity contribution is 0.977. The van der Waals surface area contributed by atoms with Crippen molar-refractivity contribution in [1.82, 2.24) is 29.9 Å². The first-order valence-electron chi connectivity index (χ1n) is 10.7. The monoisotopic (exact) mass is 416 g/mol. The second-order valence-electron chi connectivity index (χ2n) is 8.01. The summed E-state index contributed by atoms with van der Waals surface area (Å²) < 4.78 is 0. The highest BCUT2D eigenvalue weighted by molar-refractivity contribution is 6.03. The van der Waals surface area contributed by atoms with E-state index in [2.05, 4.69) is 56.1 Å². The Morgan fingerprint density at radius 1 is 0.469 bits per heavy atom. The molecule has 154 valence electrons. The largest absolute Gasteiger partial charge is 0.253 e. The highest BCUT2D eigenvalue weighted by Gasteiger charge is 2.18. The molecule has 0 fully saturated rings. The molecule has 0 atom stereocenters. The van der Waals surface area contributed by atoms with E-state index >= 15 is 0 Å². The molecular weight excluding hydrogens is 396 g/mol. The molecular formula is C26H20N6. The summed E-state index contributed by atoms with van der Waals surface area (Å²) in [6.45, 7) is 4.16. The van der Waals surface area contributed by atoms with Crippen LogP contribution in [0.25, 0.3) is 43.9 Å². The summed E-state index contributed by atoms with van der Waals surface area (Å²) in [5, 5.41) is 2.43. The van der Waals surface area contributed by atoms with Crippen LogP contribution in [0.2, 0.25) is 0 Å². The van der Waals surface area contributed by atoms with Crippen LogP contribution in [-0.4, -0.2) is 29.9 Å². The van der Waals surface area contributed by atoms with Gasteiger partial charge in [0.1, 0.15) is 0 Å². The van der Waals surface area contributed by atoms with Crippen LogP contribution in [0.3, 0.4) is 0 Å². The third kappa shape index (κ3) is 2.73. The third-order valence-electron chi connectivity index (χ3n) is 6.30. The minimum absolute atomic E-state index is 0.753. The fraction of sp³-hybridized carbons (Fsp3) is 0.154. The van der Waals surface area contributed by atoms with E-state index < -0.39 is 0 Å². The molecule has 0 bridgehead atoms. The topological polar surface area (TPSA) is 77.3 Å². The molecule has 0 aliphatic carbocycles. The van der Waals surface area contributed by atoms with Gasteiger partial charge >= 0.3 is 0 Å². The van der Waals surface area contributed by atoms with Gasteiger partial charge in [-0.05, 0) is 48.6 Å². The quantitative estimate of drug-likeness (QED) is 0.375. The lowest BCUT2D eigenvalue weighted by Gasteiger charge is -2.15. The third-order valence-corrected chi connectivity index (χ3v) is 6.30.